The van der Waals surface area contributed by atoms with Gasteiger partial charge >= 0.3 is 0 Å². The van der Waals surface area contributed by atoms with Gasteiger partial charge in [0.2, 0.25) is 11.8 Å². The van der Waals surface area contributed by atoms with E-state index < -0.39 is 22.0 Å². The molecular weight excluding hydrogens is 490 g/mol. The van der Waals surface area contributed by atoms with Crippen molar-refractivity contribution in [3.8, 4) is 0 Å². The summed E-state index contributed by atoms with van der Waals surface area (Å²) >= 11 is 5.98. The molecule has 0 radical (unpaired) electrons. The van der Waals surface area contributed by atoms with Gasteiger partial charge in [-0.1, -0.05) is 49.7 Å². The van der Waals surface area contributed by atoms with Crippen molar-refractivity contribution in [3.63, 3.8) is 0 Å². The second kappa shape index (κ2) is 11.7. The van der Waals surface area contributed by atoms with Crippen molar-refractivity contribution < 1.29 is 22.8 Å². The Bertz CT molecular complexity index is 1180. The fourth-order valence-electron chi connectivity index (χ4n) is 4.04. The Morgan fingerprint density at radius 1 is 1.09 bits per heavy atom. The maximum atomic E-state index is 13.3. The summed E-state index contributed by atoms with van der Waals surface area (Å²) in [6.45, 7) is 4.39. The lowest BCUT2D eigenvalue weighted by molar-refractivity contribution is -0.141. The second-order valence-electron chi connectivity index (χ2n) is 8.35. The molecule has 3 amide bonds. The highest BCUT2D eigenvalue weighted by Crippen LogP contribution is 2.30. The van der Waals surface area contributed by atoms with Crippen LogP contribution in [0.5, 0.6) is 0 Å². The first-order chi connectivity index (χ1) is 16.7. The predicted molar refractivity (Wildman–Crippen MR) is 133 cm³/mol. The molecule has 1 atom stereocenters. The number of hydrogen-bond acceptors (Lipinski definition) is 5. The Balaban J connectivity index is 1.73. The smallest absolute Gasteiger partial charge is 0.269 e. The number of sulfonamides is 1. The summed E-state index contributed by atoms with van der Waals surface area (Å²) < 4.78 is 26.3. The van der Waals surface area contributed by atoms with Crippen LogP contribution >= 0.6 is 11.6 Å². The van der Waals surface area contributed by atoms with Crippen LogP contribution in [-0.2, 0) is 26.2 Å². The Morgan fingerprint density at radius 2 is 1.77 bits per heavy atom. The number of nitrogens with zero attached hydrogens (tertiary/aromatic N) is 2. The van der Waals surface area contributed by atoms with Crippen molar-refractivity contribution in [2.75, 3.05) is 13.1 Å². The lowest BCUT2D eigenvalue weighted by Crippen LogP contribution is -2.49. The number of halogens is 1. The number of fused-ring (bicyclic) bond motifs is 1. The SMILES string of the molecule is CCCNC(=O)[C@@H](CC)N(Cc1ccc(Cl)cc1)C(=O)CCCN1C(=O)c2ccccc2S1(=O)=O. The summed E-state index contributed by atoms with van der Waals surface area (Å²) in [5.74, 6) is -1.11. The zero-order valence-electron chi connectivity index (χ0n) is 19.9. The molecule has 1 heterocycles. The number of carbonyl (C=O) groups is 3. The molecular formula is C25H30ClN3O5S. The fourth-order valence-corrected chi connectivity index (χ4v) is 5.78. The second-order valence-corrected chi connectivity index (χ2v) is 10.6. The van der Waals surface area contributed by atoms with E-state index in [1.54, 1.807) is 36.4 Å². The summed E-state index contributed by atoms with van der Waals surface area (Å²) in [4.78, 5) is 40.2. The van der Waals surface area contributed by atoms with Crippen molar-refractivity contribution in [2.45, 2.75) is 57.0 Å². The summed E-state index contributed by atoms with van der Waals surface area (Å²) in [7, 11) is -3.93. The number of hydrogen-bond donors (Lipinski definition) is 1. The monoisotopic (exact) mass is 519 g/mol. The molecule has 2 aromatic rings. The molecule has 8 nitrogen and oxygen atoms in total. The molecule has 0 bridgehead atoms. The number of benzene rings is 2. The minimum absolute atomic E-state index is 0.0131. The zero-order chi connectivity index (χ0) is 25.6. The van der Waals surface area contributed by atoms with E-state index in [2.05, 4.69) is 5.32 Å². The summed E-state index contributed by atoms with van der Waals surface area (Å²) in [5.41, 5.74) is 0.957. The van der Waals surface area contributed by atoms with E-state index in [1.807, 2.05) is 13.8 Å². The molecule has 0 spiro atoms. The molecule has 188 valence electrons. The number of nitrogens with one attached hydrogen (secondary N) is 1. The molecule has 1 aliphatic rings. The maximum Gasteiger partial charge on any atom is 0.269 e. The van der Waals surface area contributed by atoms with Crippen LogP contribution in [0.1, 0.15) is 55.5 Å². The van der Waals surface area contributed by atoms with E-state index in [1.165, 1.54) is 17.0 Å². The van der Waals surface area contributed by atoms with Crippen molar-refractivity contribution in [3.05, 3.63) is 64.7 Å². The third-order valence-electron chi connectivity index (χ3n) is 5.87. The van der Waals surface area contributed by atoms with Crippen LogP contribution in [0.15, 0.2) is 53.4 Å². The van der Waals surface area contributed by atoms with Crippen LogP contribution in [0.3, 0.4) is 0 Å². The molecule has 0 fully saturated rings. The third kappa shape index (κ3) is 6.02. The van der Waals surface area contributed by atoms with Gasteiger partial charge in [0, 0.05) is 31.1 Å². The van der Waals surface area contributed by atoms with E-state index in [9.17, 15) is 22.8 Å². The Hall–Kier alpha value is -2.91. The molecule has 0 aromatic heterocycles. The lowest BCUT2D eigenvalue weighted by Gasteiger charge is -2.31. The summed E-state index contributed by atoms with van der Waals surface area (Å²) in [5, 5.41) is 3.42. The lowest BCUT2D eigenvalue weighted by atomic mass is 10.1. The average molecular weight is 520 g/mol. The Morgan fingerprint density at radius 3 is 2.40 bits per heavy atom. The zero-order valence-corrected chi connectivity index (χ0v) is 21.4. The van der Waals surface area contributed by atoms with E-state index >= 15 is 0 Å². The van der Waals surface area contributed by atoms with Gasteiger partial charge in [0.1, 0.15) is 10.9 Å². The Labute approximate surface area is 211 Å². The molecule has 0 saturated heterocycles. The van der Waals surface area contributed by atoms with Gasteiger partial charge < -0.3 is 10.2 Å². The quantitative estimate of drug-likeness (QED) is 0.488. The van der Waals surface area contributed by atoms with Crippen molar-refractivity contribution >= 4 is 39.3 Å². The predicted octanol–water partition coefficient (Wildman–Crippen LogP) is 3.60. The van der Waals surface area contributed by atoms with Crippen molar-refractivity contribution in [1.29, 1.82) is 0 Å². The number of carbonyl (C=O) groups excluding carboxylic acids is 3. The van der Waals surface area contributed by atoms with Crippen molar-refractivity contribution in [1.82, 2.24) is 14.5 Å². The largest absolute Gasteiger partial charge is 0.354 e. The van der Waals surface area contributed by atoms with E-state index in [4.69, 9.17) is 11.6 Å². The van der Waals surface area contributed by atoms with Crippen LogP contribution in [0.4, 0.5) is 0 Å². The molecule has 1 N–H and O–H groups in total. The van der Waals surface area contributed by atoms with E-state index in [0.29, 0.717) is 18.0 Å². The molecule has 0 unspecified atom stereocenters. The van der Waals surface area contributed by atoms with Gasteiger partial charge in [0.05, 0.1) is 5.56 Å². The van der Waals surface area contributed by atoms with Crippen LogP contribution in [0, 0.1) is 0 Å². The minimum Gasteiger partial charge on any atom is -0.354 e. The minimum atomic E-state index is -3.93. The van der Waals surface area contributed by atoms with Crippen LogP contribution < -0.4 is 5.32 Å². The fraction of sp³-hybridized carbons (Fsp3) is 0.400. The highest BCUT2D eigenvalue weighted by molar-refractivity contribution is 7.90. The normalized spacial score (nSPS) is 14.9. The number of rotatable bonds is 11. The molecule has 3 rings (SSSR count). The van der Waals surface area contributed by atoms with Crippen molar-refractivity contribution in [2.24, 2.45) is 0 Å². The summed E-state index contributed by atoms with van der Waals surface area (Å²) in [6.07, 6.45) is 1.32. The molecule has 1 aliphatic heterocycles. The molecule has 35 heavy (non-hydrogen) atoms. The van der Waals surface area contributed by atoms with Gasteiger partial charge in [0.15, 0.2) is 0 Å². The standard InChI is InChI=1S/C25H30ClN3O5S/c1-3-15-27-24(31)21(4-2)28(17-18-11-13-19(26)14-12-18)23(30)10-7-16-29-25(32)20-8-5-6-9-22(20)35(29,33)34/h5-6,8-9,11-14,21H,3-4,7,10,15-17H2,1-2H3,(H,27,31)/t21-/m1/s1. The van der Waals surface area contributed by atoms with Gasteiger partial charge in [-0.2, -0.15) is 0 Å². The van der Waals surface area contributed by atoms with Gasteiger partial charge in [-0.05, 0) is 49.1 Å². The van der Waals surface area contributed by atoms with Gasteiger partial charge in [-0.15, -0.1) is 0 Å². The average Bonchev–Trinajstić information content (AvgIpc) is 3.04. The highest BCUT2D eigenvalue weighted by Gasteiger charge is 2.40. The molecule has 0 saturated carbocycles. The number of amides is 3. The van der Waals surface area contributed by atoms with Crippen LogP contribution in [0.25, 0.3) is 0 Å². The van der Waals surface area contributed by atoms with Gasteiger partial charge in [-0.25, -0.2) is 12.7 Å². The topological polar surface area (TPSA) is 104 Å². The molecule has 2 aromatic carbocycles. The van der Waals surface area contributed by atoms with Gasteiger partial charge in [-0.3, -0.25) is 14.4 Å². The third-order valence-corrected chi connectivity index (χ3v) is 7.96. The van der Waals surface area contributed by atoms with Crippen LogP contribution in [-0.4, -0.2) is 54.5 Å². The van der Waals surface area contributed by atoms with E-state index in [0.717, 1.165) is 16.3 Å². The van der Waals surface area contributed by atoms with E-state index in [-0.39, 0.29) is 48.2 Å². The van der Waals surface area contributed by atoms with Gasteiger partial charge in [0.25, 0.3) is 15.9 Å². The van der Waals surface area contributed by atoms with Crippen LogP contribution in [0.2, 0.25) is 5.02 Å². The maximum absolute atomic E-state index is 13.3. The Kier molecular flexibility index (Phi) is 8.91. The first-order valence-electron chi connectivity index (χ1n) is 11.7. The molecule has 0 aliphatic carbocycles. The first kappa shape index (κ1) is 26.7. The molecule has 10 heteroatoms. The first-order valence-corrected chi connectivity index (χ1v) is 13.5. The highest BCUT2D eigenvalue weighted by atomic mass is 35.5. The summed E-state index contributed by atoms with van der Waals surface area (Å²) in [6, 6.07) is 12.4.